The molecular weight excluding hydrogens is 232 g/mol. The summed E-state index contributed by atoms with van der Waals surface area (Å²) in [6.07, 6.45) is -5.73. The summed E-state index contributed by atoms with van der Waals surface area (Å²) in [5.41, 5.74) is 0. The molecule has 1 saturated heterocycles. The zero-order chi connectivity index (χ0) is 13.2. The number of carbonyl (C=O) groups is 2. The van der Waals surface area contributed by atoms with Crippen LogP contribution in [0.25, 0.3) is 0 Å². The summed E-state index contributed by atoms with van der Waals surface area (Å²) in [5.74, 6) is -1.32. The van der Waals surface area contributed by atoms with Crippen LogP contribution in [0.15, 0.2) is 0 Å². The van der Waals surface area contributed by atoms with Crippen molar-refractivity contribution in [1.82, 2.24) is 0 Å². The van der Waals surface area contributed by atoms with Gasteiger partial charge < -0.3 is 24.4 Å². The van der Waals surface area contributed by atoms with Gasteiger partial charge in [-0.15, -0.1) is 0 Å². The topological polar surface area (TPSA) is 102 Å². The number of ether oxygens (including phenoxy) is 3. The Labute approximate surface area is 98.3 Å². The van der Waals surface area contributed by atoms with Crippen LogP contribution >= 0.6 is 0 Å². The fourth-order valence-electron chi connectivity index (χ4n) is 1.65. The first-order valence-electron chi connectivity index (χ1n) is 5.19. The summed E-state index contributed by atoms with van der Waals surface area (Å²) in [6, 6.07) is 0. The lowest BCUT2D eigenvalue weighted by Crippen LogP contribution is -2.59. The van der Waals surface area contributed by atoms with E-state index in [1.807, 2.05) is 0 Å². The molecule has 0 saturated carbocycles. The lowest BCUT2D eigenvalue weighted by atomic mass is 9.99. The van der Waals surface area contributed by atoms with Gasteiger partial charge in [0.05, 0.1) is 6.10 Å². The highest BCUT2D eigenvalue weighted by atomic mass is 16.7. The standard InChI is InChI=1S/C10H16O7/c1-4-7(13)8(16-5(2)11)9(10(14)15-4)17-6(3)12/h4,7-10,13-14H,1-3H3/t4-,7-,8+,9+,10?/m1/s1. The van der Waals surface area contributed by atoms with Crippen LogP contribution in [0.5, 0.6) is 0 Å². The van der Waals surface area contributed by atoms with Crippen molar-refractivity contribution in [1.29, 1.82) is 0 Å². The van der Waals surface area contributed by atoms with Crippen molar-refractivity contribution in [2.45, 2.75) is 51.5 Å². The summed E-state index contributed by atoms with van der Waals surface area (Å²) in [7, 11) is 0. The van der Waals surface area contributed by atoms with Gasteiger partial charge in [0.25, 0.3) is 0 Å². The van der Waals surface area contributed by atoms with Gasteiger partial charge in [-0.2, -0.15) is 0 Å². The number of rotatable bonds is 2. The minimum atomic E-state index is -1.44. The van der Waals surface area contributed by atoms with Crippen molar-refractivity contribution >= 4 is 11.9 Å². The number of aliphatic hydroxyl groups excluding tert-OH is 2. The third-order valence-corrected chi connectivity index (χ3v) is 2.38. The van der Waals surface area contributed by atoms with Gasteiger partial charge in [0.1, 0.15) is 6.10 Å². The van der Waals surface area contributed by atoms with E-state index in [-0.39, 0.29) is 0 Å². The number of esters is 2. The highest BCUT2D eigenvalue weighted by Crippen LogP contribution is 2.24. The molecule has 1 rings (SSSR count). The third-order valence-electron chi connectivity index (χ3n) is 2.38. The van der Waals surface area contributed by atoms with Crippen LogP contribution in [0.2, 0.25) is 0 Å². The Morgan fingerprint density at radius 2 is 1.53 bits per heavy atom. The van der Waals surface area contributed by atoms with Crippen LogP contribution in [0.1, 0.15) is 20.8 Å². The highest BCUT2D eigenvalue weighted by molar-refractivity contribution is 5.67. The Hall–Kier alpha value is -1.18. The molecule has 0 amide bonds. The minimum absolute atomic E-state index is 0.646. The van der Waals surface area contributed by atoms with Gasteiger partial charge in [-0.1, -0.05) is 0 Å². The summed E-state index contributed by atoms with van der Waals surface area (Å²) in [4.78, 5) is 21.8. The predicted molar refractivity (Wildman–Crippen MR) is 53.7 cm³/mol. The van der Waals surface area contributed by atoms with Crippen LogP contribution < -0.4 is 0 Å². The average Bonchev–Trinajstić information content (AvgIpc) is 2.19. The van der Waals surface area contributed by atoms with Gasteiger partial charge in [-0.25, -0.2) is 0 Å². The minimum Gasteiger partial charge on any atom is -0.455 e. The smallest absolute Gasteiger partial charge is 0.303 e. The number of aliphatic hydroxyl groups is 2. The van der Waals surface area contributed by atoms with Crippen molar-refractivity contribution in [3.8, 4) is 0 Å². The fourth-order valence-corrected chi connectivity index (χ4v) is 1.65. The van der Waals surface area contributed by atoms with E-state index in [4.69, 9.17) is 14.2 Å². The first kappa shape index (κ1) is 13.9. The molecule has 0 radical (unpaired) electrons. The molecule has 17 heavy (non-hydrogen) atoms. The molecule has 1 aliphatic rings. The molecular formula is C10H16O7. The highest BCUT2D eigenvalue weighted by Gasteiger charge is 2.47. The number of hydrogen-bond donors (Lipinski definition) is 2. The van der Waals surface area contributed by atoms with E-state index in [1.165, 1.54) is 6.92 Å². The van der Waals surface area contributed by atoms with Gasteiger partial charge in [-0.3, -0.25) is 9.59 Å². The predicted octanol–water partition coefficient (Wildman–Crippen LogP) is -1.05. The van der Waals surface area contributed by atoms with Crippen LogP contribution in [-0.4, -0.2) is 52.9 Å². The maximum absolute atomic E-state index is 10.9. The molecule has 2 N–H and O–H groups in total. The molecule has 5 atom stereocenters. The van der Waals surface area contributed by atoms with Gasteiger partial charge in [-0.05, 0) is 6.92 Å². The molecule has 98 valence electrons. The summed E-state index contributed by atoms with van der Waals surface area (Å²) in [6.45, 7) is 3.81. The van der Waals surface area contributed by atoms with Gasteiger partial charge in [0, 0.05) is 13.8 Å². The molecule has 7 heteroatoms. The molecule has 0 bridgehead atoms. The average molecular weight is 248 g/mol. The van der Waals surface area contributed by atoms with Crippen molar-refractivity contribution in [3.05, 3.63) is 0 Å². The molecule has 7 nitrogen and oxygen atoms in total. The van der Waals surface area contributed by atoms with Crippen molar-refractivity contribution < 1.29 is 34.0 Å². The number of hydrogen-bond acceptors (Lipinski definition) is 7. The second-order valence-electron chi connectivity index (χ2n) is 3.87. The maximum atomic E-state index is 10.9. The molecule has 0 aromatic rings. The van der Waals surface area contributed by atoms with Crippen molar-refractivity contribution in [2.75, 3.05) is 0 Å². The Kier molecular flexibility index (Phi) is 4.44. The monoisotopic (exact) mass is 248 g/mol. The van der Waals surface area contributed by atoms with E-state index >= 15 is 0 Å². The molecule has 0 aromatic carbocycles. The third kappa shape index (κ3) is 3.39. The van der Waals surface area contributed by atoms with Gasteiger partial charge in [0.2, 0.25) is 0 Å². The molecule has 1 heterocycles. The normalized spacial score (nSPS) is 37.4. The Morgan fingerprint density at radius 3 is 2.00 bits per heavy atom. The van der Waals surface area contributed by atoms with Gasteiger partial charge >= 0.3 is 11.9 Å². The second kappa shape index (κ2) is 5.44. The lowest BCUT2D eigenvalue weighted by Gasteiger charge is -2.40. The Balaban J connectivity index is 2.86. The fraction of sp³-hybridized carbons (Fsp3) is 0.800. The molecule has 0 aliphatic carbocycles. The Morgan fingerprint density at radius 1 is 1.06 bits per heavy atom. The van der Waals surface area contributed by atoms with E-state index in [0.717, 1.165) is 13.8 Å². The van der Waals surface area contributed by atoms with E-state index in [0.29, 0.717) is 0 Å². The van der Waals surface area contributed by atoms with E-state index < -0.39 is 42.6 Å². The summed E-state index contributed by atoms with van der Waals surface area (Å²) in [5, 5.41) is 19.4. The second-order valence-corrected chi connectivity index (χ2v) is 3.87. The molecule has 1 unspecified atom stereocenters. The first-order valence-corrected chi connectivity index (χ1v) is 5.19. The first-order chi connectivity index (χ1) is 7.82. The van der Waals surface area contributed by atoms with E-state index in [9.17, 15) is 19.8 Å². The zero-order valence-electron chi connectivity index (χ0n) is 9.82. The van der Waals surface area contributed by atoms with E-state index in [1.54, 1.807) is 0 Å². The SMILES string of the molecule is CC(=O)O[C@H]1[C@H](O)[C@@H](C)OC(O)[C@H]1OC(C)=O. The summed E-state index contributed by atoms with van der Waals surface area (Å²) < 4.78 is 14.6. The molecule has 1 aliphatic heterocycles. The van der Waals surface area contributed by atoms with Crippen LogP contribution in [0.3, 0.4) is 0 Å². The maximum Gasteiger partial charge on any atom is 0.303 e. The molecule has 1 fully saturated rings. The lowest BCUT2D eigenvalue weighted by molar-refractivity contribution is -0.285. The Bertz CT molecular complexity index is 303. The zero-order valence-corrected chi connectivity index (χ0v) is 9.82. The van der Waals surface area contributed by atoms with Gasteiger partial charge in [0.15, 0.2) is 18.5 Å². The van der Waals surface area contributed by atoms with Crippen molar-refractivity contribution in [2.24, 2.45) is 0 Å². The van der Waals surface area contributed by atoms with Crippen LogP contribution in [-0.2, 0) is 23.8 Å². The van der Waals surface area contributed by atoms with Crippen molar-refractivity contribution in [3.63, 3.8) is 0 Å². The van der Waals surface area contributed by atoms with Crippen LogP contribution in [0, 0.1) is 0 Å². The summed E-state index contributed by atoms with van der Waals surface area (Å²) >= 11 is 0. The molecule has 0 spiro atoms. The molecule has 0 aromatic heterocycles. The van der Waals surface area contributed by atoms with E-state index in [2.05, 4.69) is 0 Å². The largest absolute Gasteiger partial charge is 0.455 e. The quantitative estimate of drug-likeness (QED) is 0.601. The van der Waals surface area contributed by atoms with Crippen LogP contribution in [0.4, 0.5) is 0 Å². The number of carbonyl (C=O) groups excluding carboxylic acids is 2.